The van der Waals surface area contributed by atoms with Crippen LogP contribution in [0.2, 0.25) is 6.04 Å². The molecule has 0 saturated carbocycles. The lowest BCUT2D eigenvalue weighted by Crippen LogP contribution is -2.65. The Labute approximate surface area is 151 Å². The Morgan fingerprint density at radius 3 is 2.08 bits per heavy atom. The van der Waals surface area contributed by atoms with Crippen LogP contribution in [0, 0.1) is 0 Å². The van der Waals surface area contributed by atoms with Crippen molar-refractivity contribution in [3.05, 3.63) is 0 Å². The highest BCUT2D eigenvalue weighted by Crippen LogP contribution is 2.42. The van der Waals surface area contributed by atoms with Crippen molar-refractivity contribution >= 4 is 8.56 Å². The summed E-state index contributed by atoms with van der Waals surface area (Å²) in [4.78, 5) is 0. The zero-order valence-corrected chi connectivity index (χ0v) is 17.8. The maximum absolute atomic E-state index is 6.16. The summed E-state index contributed by atoms with van der Waals surface area (Å²) in [6.07, 6.45) is 5.76. The summed E-state index contributed by atoms with van der Waals surface area (Å²) in [5.74, 6) is 0. The molecule has 6 heteroatoms. The molecule has 1 saturated heterocycles. The summed E-state index contributed by atoms with van der Waals surface area (Å²) in [5.41, 5.74) is 5.21. The van der Waals surface area contributed by atoms with Gasteiger partial charge in [-0.25, -0.2) is 0 Å². The molecular weight excluding hydrogens is 320 g/mol. The van der Waals surface area contributed by atoms with E-state index >= 15 is 0 Å². The molecule has 1 rings (SSSR count). The Kier molecular flexibility index (Phi) is 14.2. The Bertz CT molecular complexity index is 276. The number of ether oxygens (including phenoxy) is 1. The first-order valence-corrected chi connectivity index (χ1v) is 12.0. The second-order valence-corrected chi connectivity index (χ2v) is 9.64. The van der Waals surface area contributed by atoms with E-state index in [4.69, 9.17) is 19.3 Å². The lowest BCUT2D eigenvalue weighted by Gasteiger charge is -2.49. The molecule has 24 heavy (non-hydrogen) atoms. The molecule has 1 aliphatic rings. The third-order valence-corrected chi connectivity index (χ3v) is 9.18. The van der Waals surface area contributed by atoms with Gasteiger partial charge in [0.15, 0.2) is 0 Å². The van der Waals surface area contributed by atoms with Crippen molar-refractivity contribution in [1.82, 2.24) is 5.32 Å². The summed E-state index contributed by atoms with van der Waals surface area (Å²) >= 11 is 0. The van der Waals surface area contributed by atoms with Crippen LogP contribution in [0.1, 0.15) is 66.7 Å². The van der Waals surface area contributed by atoms with Gasteiger partial charge in [-0.2, -0.15) is 0 Å². The normalized spacial score (nSPS) is 22.8. The average molecular weight is 363 g/mol. The molecule has 0 bridgehead atoms. The van der Waals surface area contributed by atoms with Gasteiger partial charge in [0.1, 0.15) is 5.22 Å². The van der Waals surface area contributed by atoms with Crippen LogP contribution in [0.15, 0.2) is 0 Å². The van der Waals surface area contributed by atoms with E-state index < -0.39 is 8.56 Å². The Balaban J connectivity index is 0.000000640. The van der Waals surface area contributed by atoms with Gasteiger partial charge in [0.25, 0.3) is 0 Å². The first-order valence-electron chi connectivity index (χ1n) is 9.94. The minimum absolute atomic E-state index is 0.119. The maximum Gasteiger partial charge on any atom is 0.371 e. The molecule has 0 amide bonds. The molecule has 1 unspecified atom stereocenters. The average Bonchev–Trinajstić information content (AvgIpc) is 2.59. The zero-order valence-electron chi connectivity index (χ0n) is 16.8. The van der Waals surface area contributed by atoms with E-state index in [2.05, 4.69) is 39.9 Å². The highest BCUT2D eigenvalue weighted by Gasteiger charge is 2.58. The van der Waals surface area contributed by atoms with Crippen molar-refractivity contribution in [2.45, 2.75) is 78.0 Å². The van der Waals surface area contributed by atoms with Gasteiger partial charge in [0.2, 0.25) is 0 Å². The van der Waals surface area contributed by atoms with E-state index in [1.807, 2.05) is 0 Å². The monoisotopic (exact) mass is 362 g/mol. The first kappa shape index (κ1) is 24.0. The molecule has 1 fully saturated rings. The minimum Gasteiger partial charge on any atom is -0.393 e. The van der Waals surface area contributed by atoms with Gasteiger partial charge < -0.3 is 24.6 Å². The van der Waals surface area contributed by atoms with Crippen LogP contribution in [0.5, 0.6) is 0 Å². The molecule has 5 nitrogen and oxygen atoms in total. The predicted octanol–water partition coefficient (Wildman–Crippen LogP) is 3.35. The second-order valence-electron chi connectivity index (χ2n) is 6.15. The van der Waals surface area contributed by atoms with Gasteiger partial charge in [-0.1, -0.05) is 26.7 Å². The standard InChI is InChI=1S/C13H28O3Si.C5H14N2/c1-5-13(14-6-2)11-9-10-12-17(13,15-7-3)16-8-4;1-2-4-7-5-3-6/h5-12H2,1-4H3;7H,2-6H2,1H3. The van der Waals surface area contributed by atoms with E-state index in [9.17, 15) is 0 Å². The molecule has 0 spiro atoms. The Morgan fingerprint density at radius 1 is 0.958 bits per heavy atom. The lowest BCUT2D eigenvalue weighted by molar-refractivity contribution is -0.0426. The van der Waals surface area contributed by atoms with E-state index in [0.29, 0.717) is 0 Å². The number of hydrogen-bond donors (Lipinski definition) is 2. The zero-order chi connectivity index (χ0) is 18.3. The van der Waals surface area contributed by atoms with Crippen LogP contribution in [-0.2, 0) is 13.6 Å². The summed E-state index contributed by atoms with van der Waals surface area (Å²) < 4.78 is 18.5. The van der Waals surface area contributed by atoms with Crippen molar-refractivity contribution in [2.24, 2.45) is 5.73 Å². The van der Waals surface area contributed by atoms with Crippen LogP contribution < -0.4 is 11.1 Å². The van der Waals surface area contributed by atoms with Gasteiger partial charge in [-0.3, -0.25) is 0 Å². The van der Waals surface area contributed by atoms with E-state index in [-0.39, 0.29) is 5.22 Å². The topological polar surface area (TPSA) is 65.7 Å². The number of nitrogens with two attached hydrogens (primary N) is 1. The Morgan fingerprint density at radius 2 is 1.62 bits per heavy atom. The van der Waals surface area contributed by atoms with Crippen LogP contribution >= 0.6 is 0 Å². The fourth-order valence-electron chi connectivity index (χ4n) is 3.51. The third-order valence-electron chi connectivity index (χ3n) is 4.53. The smallest absolute Gasteiger partial charge is 0.371 e. The first-order chi connectivity index (χ1) is 11.6. The van der Waals surface area contributed by atoms with E-state index in [1.165, 1.54) is 19.3 Å². The fourth-order valence-corrected chi connectivity index (χ4v) is 7.97. The van der Waals surface area contributed by atoms with Gasteiger partial charge in [-0.15, -0.1) is 0 Å². The molecule has 1 aliphatic heterocycles. The molecule has 0 aromatic carbocycles. The fraction of sp³-hybridized carbons (Fsp3) is 1.00. The van der Waals surface area contributed by atoms with Crippen molar-refractivity contribution in [1.29, 1.82) is 0 Å². The molecule has 0 radical (unpaired) electrons. The van der Waals surface area contributed by atoms with Crippen molar-refractivity contribution in [3.8, 4) is 0 Å². The molecule has 146 valence electrons. The number of rotatable bonds is 11. The predicted molar refractivity (Wildman–Crippen MR) is 105 cm³/mol. The van der Waals surface area contributed by atoms with Crippen LogP contribution in [0.3, 0.4) is 0 Å². The molecule has 3 N–H and O–H groups in total. The van der Waals surface area contributed by atoms with Crippen molar-refractivity contribution in [2.75, 3.05) is 39.5 Å². The molecule has 0 aromatic rings. The van der Waals surface area contributed by atoms with Gasteiger partial charge in [0, 0.05) is 32.9 Å². The molecule has 0 aliphatic carbocycles. The summed E-state index contributed by atoms with van der Waals surface area (Å²) in [6, 6.07) is 1.09. The SMILES string of the molecule is CCCNCCN.CCOC1(CC)CCCC[Si]1(OCC)OCC. The van der Waals surface area contributed by atoms with Crippen molar-refractivity contribution in [3.63, 3.8) is 0 Å². The summed E-state index contributed by atoms with van der Waals surface area (Å²) in [5, 5.41) is 3.04. The van der Waals surface area contributed by atoms with Gasteiger partial charge in [0.05, 0.1) is 0 Å². The minimum atomic E-state index is -2.21. The molecule has 1 atom stereocenters. The van der Waals surface area contributed by atoms with Crippen LogP contribution in [0.25, 0.3) is 0 Å². The summed E-state index contributed by atoms with van der Waals surface area (Å²) in [6.45, 7) is 15.6. The molecule has 0 aromatic heterocycles. The van der Waals surface area contributed by atoms with Gasteiger partial charge in [-0.05, 0) is 52.6 Å². The highest BCUT2D eigenvalue weighted by atomic mass is 28.4. The maximum atomic E-state index is 6.16. The van der Waals surface area contributed by atoms with E-state index in [0.717, 1.165) is 58.3 Å². The van der Waals surface area contributed by atoms with Crippen molar-refractivity contribution < 1.29 is 13.6 Å². The Hall–Kier alpha value is 0.0169. The van der Waals surface area contributed by atoms with Gasteiger partial charge >= 0.3 is 8.56 Å². The van der Waals surface area contributed by atoms with Crippen LogP contribution in [-0.4, -0.2) is 53.2 Å². The molecule has 1 heterocycles. The largest absolute Gasteiger partial charge is 0.393 e. The number of hydrogen-bond acceptors (Lipinski definition) is 5. The highest BCUT2D eigenvalue weighted by molar-refractivity contribution is 6.70. The third kappa shape index (κ3) is 7.10. The lowest BCUT2D eigenvalue weighted by atomic mass is 10.1. The quantitative estimate of drug-likeness (QED) is 0.436. The number of nitrogens with one attached hydrogen (secondary N) is 1. The van der Waals surface area contributed by atoms with E-state index in [1.54, 1.807) is 0 Å². The molecular formula is C18H42N2O3Si. The second kappa shape index (κ2) is 14.2. The summed E-state index contributed by atoms with van der Waals surface area (Å²) in [7, 11) is -2.21. The van der Waals surface area contributed by atoms with Crippen LogP contribution in [0.4, 0.5) is 0 Å².